The van der Waals surface area contributed by atoms with Crippen LogP contribution < -0.4 is 5.73 Å². The molecule has 0 spiro atoms. The third-order valence-electron chi connectivity index (χ3n) is 2.40. The Hall–Kier alpha value is -0.610. The Morgan fingerprint density at radius 2 is 2.00 bits per heavy atom. The second-order valence-corrected chi connectivity index (χ2v) is 5.85. The summed E-state index contributed by atoms with van der Waals surface area (Å²) in [4.78, 5) is 1.01. The first-order valence-electron chi connectivity index (χ1n) is 5.01. The molecule has 0 radical (unpaired) electrons. The minimum atomic E-state index is -0.414. The molecule has 1 unspecified atom stereocenters. The van der Waals surface area contributed by atoms with Gasteiger partial charge in [0, 0.05) is 10.9 Å². The van der Waals surface area contributed by atoms with Crippen molar-refractivity contribution in [2.45, 2.75) is 12.5 Å². The van der Waals surface area contributed by atoms with E-state index in [0.29, 0.717) is 10.8 Å². The number of benzene rings is 1. The minimum absolute atomic E-state index is 0.124. The van der Waals surface area contributed by atoms with E-state index in [-0.39, 0.29) is 11.1 Å². The van der Waals surface area contributed by atoms with Crippen LogP contribution in [0.2, 0.25) is 9.36 Å². The van der Waals surface area contributed by atoms with Gasteiger partial charge in [0.2, 0.25) is 0 Å². The second kappa shape index (κ2) is 5.36. The largest absolute Gasteiger partial charge is 0.323 e. The fourth-order valence-corrected chi connectivity index (χ4v) is 2.81. The smallest absolute Gasteiger partial charge is 0.141 e. The maximum atomic E-state index is 13.0. The summed E-state index contributed by atoms with van der Waals surface area (Å²) in [6, 6.07) is 8.23. The summed E-state index contributed by atoms with van der Waals surface area (Å²) < 4.78 is 13.7. The Kier molecular flexibility index (Phi) is 4.05. The third-order valence-corrected chi connectivity index (χ3v) is 4.05. The third kappa shape index (κ3) is 3.19. The molecule has 0 aliphatic heterocycles. The van der Waals surface area contributed by atoms with E-state index in [1.54, 1.807) is 12.1 Å². The van der Waals surface area contributed by atoms with Crippen molar-refractivity contribution >= 4 is 34.5 Å². The molecule has 1 heterocycles. The molecular formula is C12H10Cl2FNS. The van der Waals surface area contributed by atoms with Gasteiger partial charge in [-0.05, 0) is 36.2 Å². The first kappa shape index (κ1) is 12.8. The summed E-state index contributed by atoms with van der Waals surface area (Å²) in [5.74, 6) is -0.414. The summed E-state index contributed by atoms with van der Waals surface area (Å²) in [6.45, 7) is 0. The molecule has 17 heavy (non-hydrogen) atoms. The summed E-state index contributed by atoms with van der Waals surface area (Å²) >= 11 is 13.0. The summed E-state index contributed by atoms with van der Waals surface area (Å²) in [7, 11) is 0. The molecule has 90 valence electrons. The summed E-state index contributed by atoms with van der Waals surface area (Å²) in [5, 5.41) is 0.124. The van der Waals surface area contributed by atoms with Crippen molar-refractivity contribution in [1.82, 2.24) is 0 Å². The quantitative estimate of drug-likeness (QED) is 0.888. The van der Waals surface area contributed by atoms with E-state index >= 15 is 0 Å². The molecule has 2 rings (SSSR count). The fraction of sp³-hybridized carbons (Fsp3) is 0.167. The average Bonchev–Trinajstić information content (AvgIpc) is 2.70. The number of halogens is 3. The van der Waals surface area contributed by atoms with E-state index in [1.807, 2.05) is 12.1 Å². The fourth-order valence-electron chi connectivity index (χ4n) is 1.55. The van der Waals surface area contributed by atoms with Crippen LogP contribution >= 0.6 is 34.5 Å². The SMILES string of the molecule is NC(Cc1ccc(F)c(Cl)c1)c1ccc(Cl)s1. The molecule has 0 aliphatic carbocycles. The molecule has 0 bridgehead atoms. The maximum Gasteiger partial charge on any atom is 0.141 e. The van der Waals surface area contributed by atoms with Gasteiger partial charge in [0.25, 0.3) is 0 Å². The molecule has 0 saturated heterocycles. The molecule has 2 N–H and O–H groups in total. The van der Waals surface area contributed by atoms with E-state index in [9.17, 15) is 4.39 Å². The van der Waals surface area contributed by atoms with Crippen molar-refractivity contribution < 1.29 is 4.39 Å². The van der Waals surface area contributed by atoms with Gasteiger partial charge in [-0.1, -0.05) is 29.3 Å². The predicted octanol–water partition coefficient (Wildman–Crippen LogP) is 4.44. The van der Waals surface area contributed by atoms with E-state index < -0.39 is 5.82 Å². The van der Waals surface area contributed by atoms with Crippen LogP contribution in [0.5, 0.6) is 0 Å². The monoisotopic (exact) mass is 289 g/mol. The minimum Gasteiger partial charge on any atom is -0.323 e. The molecule has 5 heteroatoms. The van der Waals surface area contributed by atoms with Crippen LogP contribution in [0.3, 0.4) is 0 Å². The van der Waals surface area contributed by atoms with Gasteiger partial charge in [-0.3, -0.25) is 0 Å². The molecular weight excluding hydrogens is 280 g/mol. The lowest BCUT2D eigenvalue weighted by molar-refractivity contribution is 0.626. The van der Waals surface area contributed by atoms with Crippen molar-refractivity contribution in [1.29, 1.82) is 0 Å². The van der Waals surface area contributed by atoms with Crippen LogP contribution in [0.15, 0.2) is 30.3 Å². The first-order valence-corrected chi connectivity index (χ1v) is 6.58. The van der Waals surface area contributed by atoms with Gasteiger partial charge >= 0.3 is 0 Å². The lowest BCUT2D eigenvalue weighted by Crippen LogP contribution is -2.11. The van der Waals surface area contributed by atoms with Gasteiger partial charge in [0.05, 0.1) is 9.36 Å². The Bertz CT molecular complexity index is 527. The van der Waals surface area contributed by atoms with E-state index in [0.717, 1.165) is 10.4 Å². The zero-order chi connectivity index (χ0) is 12.4. The van der Waals surface area contributed by atoms with Gasteiger partial charge in [-0.2, -0.15) is 0 Å². The topological polar surface area (TPSA) is 26.0 Å². The van der Waals surface area contributed by atoms with E-state index in [2.05, 4.69) is 0 Å². The van der Waals surface area contributed by atoms with Crippen molar-refractivity contribution in [3.8, 4) is 0 Å². The molecule has 2 aromatic rings. The second-order valence-electron chi connectivity index (χ2n) is 3.70. The van der Waals surface area contributed by atoms with Crippen LogP contribution in [0.4, 0.5) is 4.39 Å². The zero-order valence-electron chi connectivity index (χ0n) is 8.79. The van der Waals surface area contributed by atoms with Gasteiger partial charge in [0.1, 0.15) is 5.82 Å². The zero-order valence-corrected chi connectivity index (χ0v) is 11.1. The highest BCUT2D eigenvalue weighted by Crippen LogP contribution is 2.28. The maximum absolute atomic E-state index is 13.0. The molecule has 0 aliphatic rings. The number of hydrogen-bond acceptors (Lipinski definition) is 2. The van der Waals surface area contributed by atoms with Gasteiger partial charge in [0.15, 0.2) is 0 Å². The molecule has 0 saturated carbocycles. The van der Waals surface area contributed by atoms with Crippen LogP contribution in [0.1, 0.15) is 16.5 Å². The van der Waals surface area contributed by atoms with Crippen molar-refractivity contribution in [3.05, 3.63) is 55.9 Å². The molecule has 0 amide bonds. The number of thiophene rings is 1. The lowest BCUT2D eigenvalue weighted by atomic mass is 10.1. The van der Waals surface area contributed by atoms with Crippen molar-refractivity contribution in [2.75, 3.05) is 0 Å². The Labute approximate surface area is 113 Å². The Morgan fingerprint density at radius 3 is 2.59 bits per heavy atom. The van der Waals surface area contributed by atoms with Crippen LogP contribution in [-0.4, -0.2) is 0 Å². The Balaban J connectivity index is 2.12. The normalized spacial score (nSPS) is 12.7. The predicted molar refractivity (Wildman–Crippen MR) is 71.4 cm³/mol. The van der Waals surface area contributed by atoms with Crippen molar-refractivity contribution in [2.24, 2.45) is 5.73 Å². The van der Waals surface area contributed by atoms with Gasteiger partial charge in [-0.15, -0.1) is 11.3 Å². The summed E-state index contributed by atoms with van der Waals surface area (Å²) in [5.41, 5.74) is 6.95. The average molecular weight is 290 g/mol. The van der Waals surface area contributed by atoms with Crippen LogP contribution in [0.25, 0.3) is 0 Å². The molecule has 1 atom stereocenters. The van der Waals surface area contributed by atoms with Gasteiger partial charge in [-0.25, -0.2) is 4.39 Å². The van der Waals surface area contributed by atoms with Crippen LogP contribution in [0, 0.1) is 5.82 Å². The highest BCUT2D eigenvalue weighted by Gasteiger charge is 2.10. The number of rotatable bonds is 3. The molecule has 1 nitrogen and oxygen atoms in total. The molecule has 1 aromatic heterocycles. The first-order chi connectivity index (χ1) is 8.06. The molecule has 0 fully saturated rings. The van der Waals surface area contributed by atoms with Crippen molar-refractivity contribution in [3.63, 3.8) is 0 Å². The van der Waals surface area contributed by atoms with E-state index in [4.69, 9.17) is 28.9 Å². The highest BCUT2D eigenvalue weighted by molar-refractivity contribution is 7.16. The Morgan fingerprint density at radius 1 is 1.24 bits per heavy atom. The standard InChI is InChI=1S/C12H10Cl2FNS/c13-8-5-7(1-2-9(8)15)6-10(16)11-3-4-12(14)17-11/h1-5,10H,6,16H2. The summed E-state index contributed by atoms with van der Waals surface area (Å²) in [6.07, 6.45) is 0.608. The van der Waals surface area contributed by atoms with E-state index in [1.165, 1.54) is 17.4 Å². The highest BCUT2D eigenvalue weighted by atomic mass is 35.5. The lowest BCUT2D eigenvalue weighted by Gasteiger charge is -2.09. The number of nitrogens with two attached hydrogens (primary N) is 1. The molecule has 1 aromatic carbocycles. The van der Waals surface area contributed by atoms with Gasteiger partial charge < -0.3 is 5.73 Å². The number of hydrogen-bond donors (Lipinski definition) is 1. The van der Waals surface area contributed by atoms with Crippen LogP contribution in [-0.2, 0) is 6.42 Å².